The largest absolute Gasteiger partial charge is 0.311 e. The fourth-order valence-electron chi connectivity index (χ4n) is 12.1. The van der Waals surface area contributed by atoms with Gasteiger partial charge in [-0.15, -0.1) is 0 Å². The highest BCUT2D eigenvalue weighted by molar-refractivity contribution is 6.09. The first-order valence-electron chi connectivity index (χ1n) is 27.0. The van der Waals surface area contributed by atoms with Crippen molar-refractivity contribution in [2.75, 3.05) is 9.80 Å². The molecule has 0 N–H and O–H groups in total. The monoisotopic (exact) mass is 997 g/mol. The average Bonchev–Trinajstić information content (AvgIpc) is 4.20. The van der Waals surface area contributed by atoms with Crippen molar-refractivity contribution in [1.82, 2.24) is 4.57 Å². The van der Waals surface area contributed by atoms with Gasteiger partial charge in [-0.3, -0.25) is 0 Å². The fraction of sp³-hybridized carbons (Fsp3) is 0.0400. The predicted octanol–water partition coefficient (Wildman–Crippen LogP) is 20.7. The maximum Gasteiger partial charge on any atom is 0.0619 e. The Labute approximate surface area is 456 Å². The van der Waals surface area contributed by atoms with Crippen molar-refractivity contribution in [2.45, 2.75) is 19.3 Å². The molecule has 1 heterocycles. The van der Waals surface area contributed by atoms with Crippen LogP contribution in [0.4, 0.5) is 34.1 Å². The van der Waals surface area contributed by atoms with Gasteiger partial charge < -0.3 is 14.4 Å². The van der Waals surface area contributed by atoms with Gasteiger partial charge in [0.2, 0.25) is 0 Å². The van der Waals surface area contributed by atoms with E-state index in [1.807, 2.05) is 0 Å². The molecule has 0 atom stereocenters. The normalized spacial score (nSPS) is 12.3. The number of nitrogens with zero attached hydrogens (tertiary/aromatic N) is 3. The predicted molar refractivity (Wildman–Crippen MR) is 329 cm³/mol. The van der Waals surface area contributed by atoms with Gasteiger partial charge in [0.05, 0.1) is 11.2 Å². The second-order valence-corrected chi connectivity index (χ2v) is 20.9. The number of anilines is 6. The Morgan fingerprint density at radius 1 is 0.295 bits per heavy atom. The summed E-state index contributed by atoms with van der Waals surface area (Å²) in [4.78, 5) is 4.67. The lowest BCUT2D eigenvalue weighted by molar-refractivity contribution is 0.661. The fourth-order valence-corrected chi connectivity index (χ4v) is 12.1. The average molecular weight is 998 g/mol. The number of hydrogen-bond donors (Lipinski definition) is 0. The van der Waals surface area contributed by atoms with Crippen LogP contribution in [0.15, 0.2) is 297 Å². The lowest BCUT2D eigenvalue weighted by atomic mass is 9.81. The summed E-state index contributed by atoms with van der Waals surface area (Å²) in [5.41, 5.74) is 23.5. The topological polar surface area (TPSA) is 11.4 Å². The van der Waals surface area contributed by atoms with E-state index in [1.54, 1.807) is 0 Å². The molecule has 78 heavy (non-hydrogen) atoms. The first-order chi connectivity index (χ1) is 38.4. The molecule has 0 amide bonds. The van der Waals surface area contributed by atoms with Crippen molar-refractivity contribution < 1.29 is 0 Å². The van der Waals surface area contributed by atoms with Crippen LogP contribution in [0.2, 0.25) is 0 Å². The third-order valence-electron chi connectivity index (χ3n) is 16.0. The molecule has 0 spiro atoms. The molecule has 3 nitrogen and oxygen atoms in total. The van der Waals surface area contributed by atoms with Crippen molar-refractivity contribution in [2.24, 2.45) is 0 Å². The van der Waals surface area contributed by atoms with Crippen LogP contribution in [0.1, 0.15) is 25.0 Å². The molecule has 0 radical (unpaired) electrons. The number of hydrogen-bond acceptors (Lipinski definition) is 2. The molecule has 0 saturated carbocycles. The summed E-state index contributed by atoms with van der Waals surface area (Å²) < 4.78 is 2.52. The zero-order valence-corrected chi connectivity index (χ0v) is 43.6. The first kappa shape index (κ1) is 46.6. The molecule has 0 unspecified atom stereocenters. The Balaban J connectivity index is 0.857. The second-order valence-electron chi connectivity index (χ2n) is 20.9. The highest BCUT2D eigenvalue weighted by Crippen LogP contribution is 2.54. The van der Waals surface area contributed by atoms with Crippen LogP contribution in [0.5, 0.6) is 0 Å². The van der Waals surface area contributed by atoms with E-state index < -0.39 is 0 Å². The molecular weight excluding hydrogens is 943 g/mol. The number of benzene rings is 12. The molecule has 370 valence electrons. The summed E-state index contributed by atoms with van der Waals surface area (Å²) in [6, 6.07) is 108. The number of para-hydroxylation sites is 2. The van der Waals surface area contributed by atoms with Crippen molar-refractivity contribution in [1.29, 1.82) is 0 Å². The zero-order valence-electron chi connectivity index (χ0n) is 43.6. The summed E-state index contributed by atoms with van der Waals surface area (Å²) in [6.07, 6.45) is 0. The van der Waals surface area contributed by atoms with E-state index in [-0.39, 0.29) is 5.41 Å². The van der Waals surface area contributed by atoms with E-state index in [0.29, 0.717) is 0 Å². The molecule has 13 aromatic rings. The van der Waals surface area contributed by atoms with Crippen LogP contribution < -0.4 is 9.80 Å². The summed E-state index contributed by atoms with van der Waals surface area (Å²) in [5, 5.41) is 3.70. The summed E-state index contributed by atoms with van der Waals surface area (Å²) in [5.74, 6) is 0. The number of aromatic nitrogens is 1. The van der Waals surface area contributed by atoms with Gasteiger partial charge in [0.25, 0.3) is 0 Å². The quantitative estimate of drug-likeness (QED) is 0.128. The smallest absolute Gasteiger partial charge is 0.0619 e. The zero-order chi connectivity index (χ0) is 52.2. The molecule has 0 fully saturated rings. The molecule has 1 aliphatic carbocycles. The van der Waals surface area contributed by atoms with E-state index in [9.17, 15) is 0 Å². The Morgan fingerprint density at radius 3 is 1.26 bits per heavy atom. The van der Waals surface area contributed by atoms with Crippen molar-refractivity contribution in [3.63, 3.8) is 0 Å². The van der Waals surface area contributed by atoms with Crippen LogP contribution in [0, 0.1) is 0 Å². The summed E-state index contributed by atoms with van der Waals surface area (Å²) in [6.45, 7) is 4.81. The number of fused-ring (bicyclic) bond motifs is 5. The minimum atomic E-state index is -0.265. The van der Waals surface area contributed by atoms with Crippen molar-refractivity contribution in [3.8, 4) is 61.5 Å². The molecule has 12 aromatic carbocycles. The molecule has 3 heteroatoms. The maximum absolute atomic E-state index is 2.52. The molecule has 0 saturated heterocycles. The van der Waals surface area contributed by atoms with Gasteiger partial charge in [-0.1, -0.05) is 208 Å². The highest BCUT2D eigenvalue weighted by atomic mass is 15.2. The van der Waals surface area contributed by atoms with Gasteiger partial charge in [0, 0.05) is 56.2 Å². The van der Waals surface area contributed by atoms with Crippen LogP contribution >= 0.6 is 0 Å². The molecular formula is C75H55N3. The van der Waals surface area contributed by atoms with Crippen molar-refractivity contribution >= 4 is 55.8 Å². The SMILES string of the molecule is CC1(C)c2cc(-c3ccc(N(c4ccc(-c5ccccc5)cc4)c4ccc(N(c5ccccc5)c5ccccc5)cc4)cc3)ccc2-c2cc3c(-c4ccccc4)c(-c4ccccc4)n(-c4ccc5ccccc5c4)c3cc21. The molecule has 14 rings (SSSR count). The van der Waals surface area contributed by atoms with E-state index >= 15 is 0 Å². The van der Waals surface area contributed by atoms with Crippen LogP contribution in [0.3, 0.4) is 0 Å². The molecule has 1 aliphatic rings. The Bertz CT molecular complexity index is 4240. The van der Waals surface area contributed by atoms with Crippen LogP contribution in [0.25, 0.3) is 83.1 Å². The van der Waals surface area contributed by atoms with Gasteiger partial charge in [-0.05, 0) is 170 Å². The third-order valence-corrected chi connectivity index (χ3v) is 16.0. The molecule has 0 bridgehead atoms. The minimum Gasteiger partial charge on any atom is -0.311 e. The Hall–Kier alpha value is -9.96. The first-order valence-corrected chi connectivity index (χ1v) is 27.0. The molecule has 1 aromatic heterocycles. The van der Waals surface area contributed by atoms with E-state index in [4.69, 9.17) is 0 Å². The van der Waals surface area contributed by atoms with Gasteiger partial charge in [-0.2, -0.15) is 0 Å². The van der Waals surface area contributed by atoms with Gasteiger partial charge in [0.15, 0.2) is 0 Å². The Morgan fingerprint density at radius 2 is 0.705 bits per heavy atom. The third kappa shape index (κ3) is 8.16. The lowest BCUT2D eigenvalue weighted by Gasteiger charge is -2.28. The maximum atomic E-state index is 2.52. The number of rotatable bonds is 11. The molecule has 0 aliphatic heterocycles. The van der Waals surface area contributed by atoms with E-state index in [2.05, 4.69) is 325 Å². The van der Waals surface area contributed by atoms with Gasteiger partial charge in [0.1, 0.15) is 0 Å². The summed E-state index contributed by atoms with van der Waals surface area (Å²) >= 11 is 0. The van der Waals surface area contributed by atoms with Gasteiger partial charge in [-0.25, -0.2) is 0 Å². The standard InChI is InChI=1S/C75H55N3/c1-75(2)70-49-59(37-47-67(70)68-50-69-72(51-71(68)75)78(66-42-36-53-22-18-19-27-58(53)48-66)74(57-25-12-5-13-26-57)73(69)56-23-10-4-11-24-56)55-34-40-63(41-35-55)77(62-38-32-54(33-39-62)52-20-8-3-9-21-52)65-45-43-64(44-46-65)76(60-28-14-6-15-29-60)61-30-16-7-17-31-61/h3-51H,1-2H3. The van der Waals surface area contributed by atoms with E-state index in [1.165, 1.54) is 88.6 Å². The highest BCUT2D eigenvalue weighted by Gasteiger charge is 2.37. The van der Waals surface area contributed by atoms with Crippen molar-refractivity contribution in [3.05, 3.63) is 308 Å². The lowest BCUT2D eigenvalue weighted by Crippen LogP contribution is -2.15. The van der Waals surface area contributed by atoms with Crippen LogP contribution in [-0.4, -0.2) is 4.57 Å². The Kier molecular flexibility index (Phi) is 11.5. The minimum absolute atomic E-state index is 0.265. The second kappa shape index (κ2) is 19.3. The van der Waals surface area contributed by atoms with E-state index in [0.717, 1.165) is 39.8 Å². The summed E-state index contributed by atoms with van der Waals surface area (Å²) in [7, 11) is 0. The van der Waals surface area contributed by atoms with Gasteiger partial charge >= 0.3 is 0 Å². The van der Waals surface area contributed by atoms with Crippen LogP contribution in [-0.2, 0) is 5.41 Å².